The second kappa shape index (κ2) is 7.50. The average Bonchev–Trinajstić information content (AvgIpc) is 3.13. The number of hydrogen-bond acceptors (Lipinski definition) is 3. The highest BCUT2D eigenvalue weighted by Crippen LogP contribution is 2.21. The maximum Gasteiger partial charge on any atom is 0.251 e. The van der Waals surface area contributed by atoms with Crippen molar-refractivity contribution in [3.63, 3.8) is 0 Å². The zero-order valence-electron chi connectivity index (χ0n) is 15.2. The van der Waals surface area contributed by atoms with Crippen LogP contribution in [0.3, 0.4) is 0 Å². The Hall–Kier alpha value is -3.34. The maximum absolute atomic E-state index is 12.4. The third-order valence-corrected chi connectivity index (χ3v) is 4.70. The minimum absolute atomic E-state index is 0.0526. The van der Waals surface area contributed by atoms with Gasteiger partial charge in [0.15, 0.2) is 0 Å². The molecule has 0 fully saturated rings. The van der Waals surface area contributed by atoms with Crippen molar-refractivity contribution in [3.8, 4) is 5.75 Å². The number of nitrogens with one attached hydrogen (secondary N) is 1. The Bertz CT molecular complexity index is 1100. The third kappa shape index (κ3) is 3.62. The molecule has 1 amide bonds. The Morgan fingerprint density at radius 1 is 1.07 bits per heavy atom. The van der Waals surface area contributed by atoms with Gasteiger partial charge < -0.3 is 14.6 Å². The minimum Gasteiger partial charge on any atom is -0.497 e. The van der Waals surface area contributed by atoms with Crippen molar-refractivity contribution in [3.05, 3.63) is 72.6 Å². The SMILES string of the molecule is COc1ccc2cc(C(=O)NCCCn3cnc4ccccc43)ccc2c1. The Labute approximate surface area is 157 Å². The predicted octanol–water partition coefficient (Wildman–Crippen LogP) is 4.02. The second-order valence-electron chi connectivity index (χ2n) is 6.46. The number of benzene rings is 3. The van der Waals surface area contributed by atoms with Crippen molar-refractivity contribution >= 4 is 27.7 Å². The quantitative estimate of drug-likeness (QED) is 0.529. The number of ether oxygens (including phenoxy) is 1. The zero-order valence-corrected chi connectivity index (χ0v) is 15.2. The van der Waals surface area contributed by atoms with E-state index in [-0.39, 0.29) is 5.91 Å². The van der Waals surface area contributed by atoms with E-state index in [1.165, 1.54) is 0 Å². The Kier molecular flexibility index (Phi) is 4.75. The molecule has 0 unspecified atom stereocenters. The molecule has 1 N–H and O–H groups in total. The highest BCUT2D eigenvalue weighted by molar-refractivity contribution is 5.98. The predicted molar refractivity (Wildman–Crippen MR) is 107 cm³/mol. The summed E-state index contributed by atoms with van der Waals surface area (Å²) in [6.45, 7) is 1.43. The summed E-state index contributed by atoms with van der Waals surface area (Å²) in [4.78, 5) is 16.8. The molecule has 4 rings (SSSR count). The second-order valence-corrected chi connectivity index (χ2v) is 6.46. The molecule has 5 nitrogen and oxygen atoms in total. The van der Waals surface area contributed by atoms with Gasteiger partial charge in [0.1, 0.15) is 5.75 Å². The normalized spacial score (nSPS) is 11.0. The monoisotopic (exact) mass is 359 g/mol. The lowest BCUT2D eigenvalue weighted by Gasteiger charge is -2.08. The van der Waals surface area contributed by atoms with Crippen molar-refractivity contribution < 1.29 is 9.53 Å². The van der Waals surface area contributed by atoms with Crippen LogP contribution in [0.15, 0.2) is 67.0 Å². The van der Waals surface area contributed by atoms with Crippen molar-refractivity contribution in [1.29, 1.82) is 0 Å². The number of carbonyl (C=O) groups is 1. The molecule has 1 heterocycles. The van der Waals surface area contributed by atoms with Gasteiger partial charge in [0.25, 0.3) is 5.91 Å². The molecule has 0 aliphatic rings. The van der Waals surface area contributed by atoms with E-state index >= 15 is 0 Å². The lowest BCUT2D eigenvalue weighted by Crippen LogP contribution is -2.25. The molecule has 0 aliphatic carbocycles. The fraction of sp³-hybridized carbons (Fsp3) is 0.182. The van der Waals surface area contributed by atoms with Gasteiger partial charge >= 0.3 is 0 Å². The summed E-state index contributed by atoms with van der Waals surface area (Å²) in [6, 6.07) is 19.6. The molecule has 0 spiro atoms. The largest absolute Gasteiger partial charge is 0.497 e. The molecule has 0 radical (unpaired) electrons. The molecule has 136 valence electrons. The summed E-state index contributed by atoms with van der Waals surface area (Å²) in [5, 5.41) is 5.07. The molecule has 0 saturated heterocycles. The van der Waals surface area contributed by atoms with Gasteiger partial charge in [0.05, 0.1) is 24.5 Å². The number of carbonyl (C=O) groups excluding carboxylic acids is 1. The lowest BCUT2D eigenvalue weighted by atomic mass is 10.1. The van der Waals surface area contributed by atoms with Crippen LogP contribution in [0, 0.1) is 0 Å². The van der Waals surface area contributed by atoms with Gasteiger partial charge in [-0.1, -0.05) is 24.3 Å². The van der Waals surface area contributed by atoms with Crippen LogP contribution in [0.1, 0.15) is 16.8 Å². The summed E-state index contributed by atoms with van der Waals surface area (Å²) >= 11 is 0. The topological polar surface area (TPSA) is 56.1 Å². The molecule has 0 saturated carbocycles. The number of para-hydroxylation sites is 2. The highest BCUT2D eigenvalue weighted by Gasteiger charge is 2.07. The summed E-state index contributed by atoms with van der Waals surface area (Å²) in [6.07, 6.45) is 2.70. The molecule has 27 heavy (non-hydrogen) atoms. The number of hydrogen-bond donors (Lipinski definition) is 1. The Balaban J connectivity index is 1.36. The first kappa shape index (κ1) is 17.1. The van der Waals surface area contributed by atoms with Gasteiger partial charge in [-0.25, -0.2) is 4.98 Å². The number of aryl methyl sites for hydroxylation is 1. The number of methoxy groups -OCH3 is 1. The van der Waals surface area contributed by atoms with Gasteiger partial charge in [0, 0.05) is 18.7 Å². The molecule has 1 aromatic heterocycles. The van der Waals surface area contributed by atoms with Crippen molar-refractivity contribution in [2.45, 2.75) is 13.0 Å². The average molecular weight is 359 g/mol. The molecule has 3 aromatic carbocycles. The van der Waals surface area contributed by atoms with Crippen LogP contribution in [0.25, 0.3) is 21.8 Å². The number of imidazole rings is 1. The van der Waals surface area contributed by atoms with E-state index in [9.17, 15) is 4.79 Å². The number of fused-ring (bicyclic) bond motifs is 2. The van der Waals surface area contributed by atoms with E-state index in [0.717, 1.165) is 40.5 Å². The van der Waals surface area contributed by atoms with E-state index in [0.29, 0.717) is 12.1 Å². The minimum atomic E-state index is -0.0526. The molecule has 0 bridgehead atoms. The summed E-state index contributed by atoms with van der Waals surface area (Å²) in [5.74, 6) is 0.759. The number of amides is 1. The lowest BCUT2D eigenvalue weighted by molar-refractivity contribution is 0.0953. The maximum atomic E-state index is 12.4. The van der Waals surface area contributed by atoms with Crippen LogP contribution in [0.4, 0.5) is 0 Å². The number of nitrogens with zero attached hydrogens (tertiary/aromatic N) is 2. The highest BCUT2D eigenvalue weighted by atomic mass is 16.5. The van der Waals surface area contributed by atoms with Crippen molar-refractivity contribution in [2.24, 2.45) is 0 Å². The van der Waals surface area contributed by atoms with Gasteiger partial charge in [-0.15, -0.1) is 0 Å². The van der Waals surface area contributed by atoms with Crippen LogP contribution in [-0.2, 0) is 6.54 Å². The molecule has 5 heteroatoms. The Morgan fingerprint density at radius 3 is 2.78 bits per heavy atom. The summed E-state index contributed by atoms with van der Waals surface area (Å²) < 4.78 is 7.35. The van der Waals surface area contributed by atoms with E-state index in [1.807, 2.05) is 60.9 Å². The molecular formula is C22H21N3O2. The van der Waals surface area contributed by atoms with E-state index in [4.69, 9.17) is 4.74 Å². The smallest absolute Gasteiger partial charge is 0.251 e. The molecule has 0 aliphatic heterocycles. The van der Waals surface area contributed by atoms with Crippen LogP contribution in [-0.4, -0.2) is 29.1 Å². The van der Waals surface area contributed by atoms with Gasteiger partial charge in [-0.05, 0) is 53.6 Å². The van der Waals surface area contributed by atoms with Crippen LogP contribution in [0.5, 0.6) is 5.75 Å². The fourth-order valence-electron chi connectivity index (χ4n) is 3.23. The van der Waals surface area contributed by atoms with E-state index in [2.05, 4.69) is 20.9 Å². The molecular weight excluding hydrogens is 338 g/mol. The van der Waals surface area contributed by atoms with Gasteiger partial charge in [-0.3, -0.25) is 4.79 Å². The van der Waals surface area contributed by atoms with Gasteiger partial charge in [-0.2, -0.15) is 0 Å². The molecule has 0 atom stereocenters. The van der Waals surface area contributed by atoms with Gasteiger partial charge in [0.2, 0.25) is 0 Å². The van der Waals surface area contributed by atoms with Crippen LogP contribution < -0.4 is 10.1 Å². The van der Waals surface area contributed by atoms with Crippen LogP contribution >= 0.6 is 0 Å². The van der Waals surface area contributed by atoms with Crippen LogP contribution in [0.2, 0.25) is 0 Å². The van der Waals surface area contributed by atoms with Crippen molar-refractivity contribution in [2.75, 3.05) is 13.7 Å². The first-order chi connectivity index (χ1) is 13.2. The number of aromatic nitrogens is 2. The fourth-order valence-corrected chi connectivity index (χ4v) is 3.23. The van der Waals surface area contributed by atoms with Crippen molar-refractivity contribution in [1.82, 2.24) is 14.9 Å². The Morgan fingerprint density at radius 2 is 1.89 bits per heavy atom. The third-order valence-electron chi connectivity index (χ3n) is 4.70. The molecule has 4 aromatic rings. The summed E-state index contributed by atoms with van der Waals surface area (Å²) in [7, 11) is 1.65. The summed E-state index contributed by atoms with van der Waals surface area (Å²) in [5.41, 5.74) is 2.78. The standard InChI is InChI=1S/C22H21N3O2/c1-27-19-10-9-16-13-18(8-7-17(16)14-19)22(26)23-11-4-12-25-15-24-20-5-2-3-6-21(20)25/h2-3,5-10,13-15H,4,11-12H2,1H3,(H,23,26). The number of rotatable bonds is 6. The first-order valence-corrected chi connectivity index (χ1v) is 9.00. The zero-order chi connectivity index (χ0) is 18.6. The van der Waals surface area contributed by atoms with E-state index < -0.39 is 0 Å². The first-order valence-electron chi connectivity index (χ1n) is 9.00. The van der Waals surface area contributed by atoms with E-state index in [1.54, 1.807) is 7.11 Å².